The summed E-state index contributed by atoms with van der Waals surface area (Å²) in [7, 11) is 4.95. The van der Waals surface area contributed by atoms with Crippen LogP contribution in [0, 0.1) is 0 Å². The molecule has 0 aliphatic carbocycles. The first-order valence-corrected chi connectivity index (χ1v) is 9.45. The zero-order chi connectivity index (χ0) is 19.9. The zero-order valence-electron chi connectivity index (χ0n) is 17.0. The Bertz CT molecular complexity index is 838. The fraction of sp³-hybridized carbons (Fsp3) is 0.429. The van der Waals surface area contributed by atoms with Crippen LogP contribution in [0.15, 0.2) is 35.3 Å². The summed E-state index contributed by atoms with van der Waals surface area (Å²) in [4.78, 5) is 11.5. The topological polar surface area (TPSA) is 68.2 Å². The van der Waals surface area contributed by atoms with Crippen molar-refractivity contribution in [2.75, 3.05) is 34.4 Å². The minimum atomic E-state index is 0.495. The number of guanidine groups is 1. The molecular formula is C21H28N4O3. The molecule has 0 atom stereocenters. The van der Waals surface area contributed by atoms with E-state index in [-0.39, 0.29) is 0 Å². The molecule has 150 valence electrons. The van der Waals surface area contributed by atoms with Crippen molar-refractivity contribution < 1.29 is 14.2 Å². The van der Waals surface area contributed by atoms with Gasteiger partial charge >= 0.3 is 0 Å². The molecule has 0 saturated heterocycles. The first-order valence-electron chi connectivity index (χ1n) is 9.45. The number of ether oxygens (including phenoxy) is 3. The number of rotatable bonds is 6. The predicted molar refractivity (Wildman–Crippen MR) is 109 cm³/mol. The molecule has 1 aromatic carbocycles. The average molecular weight is 384 g/mol. The second-order valence-corrected chi connectivity index (χ2v) is 6.49. The van der Waals surface area contributed by atoms with Gasteiger partial charge in [-0.3, -0.25) is 0 Å². The van der Waals surface area contributed by atoms with Gasteiger partial charge < -0.3 is 24.4 Å². The number of methoxy groups -OCH3 is 3. The number of pyridine rings is 1. The number of nitrogens with one attached hydrogen (secondary N) is 1. The van der Waals surface area contributed by atoms with E-state index in [4.69, 9.17) is 19.2 Å². The molecule has 28 heavy (non-hydrogen) atoms. The number of hydrogen-bond donors (Lipinski definition) is 1. The van der Waals surface area contributed by atoms with Gasteiger partial charge in [-0.2, -0.15) is 0 Å². The molecule has 3 rings (SSSR count). The molecule has 1 aliphatic heterocycles. The maximum absolute atomic E-state index is 5.46. The summed E-state index contributed by atoms with van der Waals surface area (Å²) in [6.07, 6.45) is 0.928. The molecule has 0 bridgehead atoms. The summed E-state index contributed by atoms with van der Waals surface area (Å²) < 4.78 is 16.1. The number of fused-ring (bicyclic) bond motifs is 1. The van der Waals surface area contributed by atoms with Gasteiger partial charge in [0.15, 0.2) is 17.5 Å². The van der Waals surface area contributed by atoms with E-state index in [1.165, 1.54) is 11.1 Å². The molecule has 7 heteroatoms. The third-order valence-electron chi connectivity index (χ3n) is 4.73. The van der Waals surface area contributed by atoms with Crippen LogP contribution in [-0.4, -0.2) is 50.3 Å². The third-order valence-corrected chi connectivity index (χ3v) is 4.73. The molecule has 1 aromatic heterocycles. The highest BCUT2D eigenvalue weighted by Crippen LogP contribution is 2.33. The lowest BCUT2D eigenvalue weighted by atomic mass is 9.99. The standard InChI is InChI=1S/C21H28N4O3/c1-5-22-21(23-13-17-7-6-8-20(24-17)28-4)25-10-9-15-11-18(26-2)19(27-3)12-16(15)14-25/h6-8,11-12H,5,9-10,13-14H2,1-4H3,(H,22,23). The Morgan fingerprint density at radius 3 is 2.54 bits per heavy atom. The Hall–Kier alpha value is -2.96. The molecule has 2 heterocycles. The molecule has 0 radical (unpaired) electrons. The highest BCUT2D eigenvalue weighted by atomic mass is 16.5. The van der Waals surface area contributed by atoms with Gasteiger partial charge in [-0.1, -0.05) is 6.07 Å². The lowest BCUT2D eigenvalue weighted by Crippen LogP contribution is -2.44. The number of benzene rings is 1. The van der Waals surface area contributed by atoms with Gasteiger partial charge in [0.2, 0.25) is 5.88 Å². The van der Waals surface area contributed by atoms with Crippen molar-refractivity contribution in [2.45, 2.75) is 26.4 Å². The van der Waals surface area contributed by atoms with Crippen molar-refractivity contribution in [3.8, 4) is 17.4 Å². The van der Waals surface area contributed by atoms with E-state index in [1.807, 2.05) is 18.2 Å². The Kier molecular flexibility index (Phi) is 6.57. The lowest BCUT2D eigenvalue weighted by Gasteiger charge is -2.32. The van der Waals surface area contributed by atoms with Gasteiger partial charge in [-0.25, -0.2) is 9.98 Å². The number of aromatic nitrogens is 1. The van der Waals surface area contributed by atoms with Gasteiger partial charge in [0.1, 0.15) is 0 Å². The first kappa shape index (κ1) is 19.8. The summed E-state index contributed by atoms with van der Waals surface area (Å²) in [6, 6.07) is 9.86. The zero-order valence-corrected chi connectivity index (χ0v) is 17.0. The maximum Gasteiger partial charge on any atom is 0.213 e. The lowest BCUT2D eigenvalue weighted by molar-refractivity contribution is 0.346. The summed E-state index contributed by atoms with van der Waals surface area (Å²) in [5, 5.41) is 3.39. The maximum atomic E-state index is 5.46. The van der Waals surface area contributed by atoms with Crippen LogP contribution in [0.25, 0.3) is 0 Å². The number of hydrogen-bond acceptors (Lipinski definition) is 5. The molecule has 0 unspecified atom stereocenters. The molecule has 0 amide bonds. The van der Waals surface area contributed by atoms with E-state index in [0.29, 0.717) is 12.4 Å². The van der Waals surface area contributed by atoms with Crippen molar-refractivity contribution >= 4 is 5.96 Å². The Labute approximate surface area is 166 Å². The molecule has 0 spiro atoms. The van der Waals surface area contributed by atoms with E-state index in [1.54, 1.807) is 21.3 Å². The molecular weight excluding hydrogens is 356 g/mol. The van der Waals surface area contributed by atoms with Crippen LogP contribution >= 0.6 is 0 Å². The molecule has 0 saturated carbocycles. The predicted octanol–water partition coefficient (Wildman–Crippen LogP) is 2.63. The van der Waals surface area contributed by atoms with Crippen molar-refractivity contribution in [1.29, 1.82) is 0 Å². The average Bonchev–Trinajstić information content (AvgIpc) is 2.75. The normalized spacial score (nSPS) is 13.7. The van der Waals surface area contributed by atoms with Gasteiger partial charge in [0.25, 0.3) is 0 Å². The second kappa shape index (κ2) is 9.30. The van der Waals surface area contributed by atoms with Gasteiger partial charge in [0.05, 0.1) is 33.6 Å². The van der Waals surface area contributed by atoms with Crippen LogP contribution in [0.4, 0.5) is 0 Å². The molecule has 7 nitrogen and oxygen atoms in total. The largest absolute Gasteiger partial charge is 0.493 e. The Balaban J connectivity index is 1.79. The highest BCUT2D eigenvalue weighted by Gasteiger charge is 2.21. The molecule has 1 aliphatic rings. The van der Waals surface area contributed by atoms with Gasteiger partial charge in [0, 0.05) is 25.7 Å². The van der Waals surface area contributed by atoms with E-state index in [0.717, 1.165) is 49.2 Å². The second-order valence-electron chi connectivity index (χ2n) is 6.49. The minimum Gasteiger partial charge on any atom is -0.493 e. The monoisotopic (exact) mass is 384 g/mol. The van der Waals surface area contributed by atoms with Crippen molar-refractivity contribution in [3.63, 3.8) is 0 Å². The van der Waals surface area contributed by atoms with Crippen LogP contribution < -0.4 is 19.5 Å². The van der Waals surface area contributed by atoms with Crippen molar-refractivity contribution in [1.82, 2.24) is 15.2 Å². The number of aliphatic imine (C=N–C) groups is 1. The Morgan fingerprint density at radius 2 is 1.86 bits per heavy atom. The van der Waals surface area contributed by atoms with Crippen molar-refractivity contribution in [2.24, 2.45) is 4.99 Å². The van der Waals surface area contributed by atoms with E-state index < -0.39 is 0 Å². The van der Waals surface area contributed by atoms with Crippen LogP contribution in [-0.2, 0) is 19.5 Å². The summed E-state index contributed by atoms with van der Waals surface area (Å²) in [5.74, 6) is 3.02. The minimum absolute atomic E-state index is 0.495. The first-order chi connectivity index (χ1) is 13.7. The van der Waals surface area contributed by atoms with E-state index >= 15 is 0 Å². The van der Waals surface area contributed by atoms with E-state index in [9.17, 15) is 0 Å². The smallest absolute Gasteiger partial charge is 0.213 e. The SMILES string of the molecule is CCNC(=NCc1cccc(OC)n1)N1CCc2cc(OC)c(OC)cc2C1. The summed E-state index contributed by atoms with van der Waals surface area (Å²) in [5.41, 5.74) is 3.40. The summed E-state index contributed by atoms with van der Waals surface area (Å²) in [6.45, 7) is 5.03. The molecule has 1 N–H and O–H groups in total. The fourth-order valence-electron chi connectivity index (χ4n) is 3.30. The van der Waals surface area contributed by atoms with Crippen LogP contribution in [0.5, 0.6) is 17.4 Å². The summed E-state index contributed by atoms with van der Waals surface area (Å²) >= 11 is 0. The van der Waals surface area contributed by atoms with E-state index in [2.05, 4.69) is 34.3 Å². The third kappa shape index (κ3) is 4.47. The fourth-order valence-corrected chi connectivity index (χ4v) is 3.30. The number of nitrogens with zero attached hydrogens (tertiary/aromatic N) is 3. The highest BCUT2D eigenvalue weighted by molar-refractivity contribution is 5.80. The van der Waals surface area contributed by atoms with Crippen LogP contribution in [0.3, 0.4) is 0 Å². The van der Waals surface area contributed by atoms with Crippen molar-refractivity contribution in [3.05, 3.63) is 47.2 Å². The molecule has 2 aromatic rings. The van der Waals surface area contributed by atoms with Gasteiger partial charge in [-0.15, -0.1) is 0 Å². The van der Waals surface area contributed by atoms with Crippen LogP contribution in [0.2, 0.25) is 0 Å². The van der Waals surface area contributed by atoms with Gasteiger partial charge in [-0.05, 0) is 42.7 Å². The quantitative estimate of drug-likeness (QED) is 0.610. The Morgan fingerprint density at radius 1 is 1.11 bits per heavy atom. The molecule has 0 fully saturated rings. The van der Waals surface area contributed by atoms with Crippen LogP contribution in [0.1, 0.15) is 23.7 Å².